The third-order valence-corrected chi connectivity index (χ3v) is 3.57. The Morgan fingerprint density at radius 3 is 2.50 bits per heavy atom. The first-order valence-electron chi connectivity index (χ1n) is 6.42. The first-order chi connectivity index (χ1) is 9.41. The maximum absolute atomic E-state index is 12.7. The van der Waals surface area contributed by atoms with Crippen molar-refractivity contribution in [1.82, 2.24) is 0 Å². The Morgan fingerprint density at radius 2 is 1.95 bits per heavy atom. The molecule has 1 aromatic carbocycles. The number of benzene rings is 1. The van der Waals surface area contributed by atoms with Crippen molar-refractivity contribution in [2.75, 3.05) is 25.1 Å². The Kier molecular flexibility index (Phi) is 4.20. The summed E-state index contributed by atoms with van der Waals surface area (Å²) in [7, 11) is 1.35. The zero-order valence-corrected chi connectivity index (χ0v) is 11.1. The summed E-state index contributed by atoms with van der Waals surface area (Å²) in [4.78, 5) is 13.3. The van der Waals surface area contributed by atoms with Gasteiger partial charge in [0.05, 0.1) is 18.6 Å². The fourth-order valence-electron chi connectivity index (χ4n) is 2.42. The molecule has 1 aromatic rings. The number of nitrogens with zero attached hydrogens (tertiary/aromatic N) is 1. The number of halogens is 3. The highest BCUT2D eigenvalue weighted by atomic mass is 19.4. The molecule has 0 radical (unpaired) electrons. The van der Waals surface area contributed by atoms with Crippen molar-refractivity contribution >= 4 is 11.7 Å². The number of esters is 1. The van der Waals surface area contributed by atoms with Crippen LogP contribution in [0.5, 0.6) is 0 Å². The second-order valence-corrected chi connectivity index (χ2v) is 4.83. The van der Waals surface area contributed by atoms with E-state index in [1.54, 1.807) is 6.07 Å². The van der Waals surface area contributed by atoms with Crippen LogP contribution in [-0.2, 0) is 15.7 Å². The van der Waals surface area contributed by atoms with E-state index in [9.17, 15) is 18.0 Å². The SMILES string of the molecule is COC(=O)C1CCN(c2cccc(C(F)(F)F)c2)CC1. The molecule has 1 fully saturated rings. The molecular formula is C14H16F3NO2. The molecule has 0 N–H and O–H groups in total. The van der Waals surface area contributed by atoms with Crippen molar-refractivity contribution in [2.24, 2.45) is 5.92 Å². The number of carbonyl (C=O) groups excluding carboxylic acids is 1. The van der Waals surface area contributed by atoms with Gasteiger partial charge in [0.15, 0.2) is 0 Å². The van der Waals surface area contributed by atoms with Crippen LogP contribution in [0.25, 0.3) is 0 Å². The smallest absolute Gasteiger partial charge is 0.416 e. The van der Waals surface area contributed by atoms with Crippen molar-refractivity contribution in [3.8, 4) is 0 Å². The minimum absolute atomic E-state index is 0.151. The van der Waals surface area contributed by atoms with Gasteiger partial charge in [-0.25, -0.2) is 0 Å². The van der Waals surface area contributed by atoms with E-state index in [-0.39, 0.29) is 11.9 Å². The van der Waals surface area contributed by atoms with Crippen LogP contribution in [0.3, 0.4) is 0 Å². The molecule has 0 aliphatic carbocycles. The third-order valence-electron chi connectivity index (χ3n) is 3.57. The molecule has 0 saturated carbocycles. The van der Waals surface area contributed by atoms with Crippen molar-refractivity contribution in [1.29, 1.82) is 0 Å². The van der Waals surface area contributed by atoms with Crippen LogP contribution >= 0.6 is 0 Å². The number of anilines is 1. The molecule has 3 nitrogen and oxygen atoms in total. The second kappa shape index (κ2) is 5.73. The predicted octanol–water partition coefficient (Wildman–Crippen LogP) is 3.09. The number of hydrogen-bond acceptors (Lipinski definition) is 3. The van der Waals surface area contributed by atoms with Gasteiger partial charge in [0.1, 0.15) is 0 Å². The van der Waals surface area contributed by atoms with Gasteiger partial charge >= 0.3 is 12.1 Å². The minimum Gasteiger partial charge on any atom is -0.469 e. The molecule has 0 bridgehead atoms. The molecule has 0 aromatic heterocycles. The average molecular weight is 287 g/mol. The zero-order chi connectivity index (χ0) is 14.8. The van der Waals surface area contributed by atoms with Gasteiger partial charge in [-0.1, -0.05) is 6.07 Å². The summed E-state index contributed by atoms with van der Waals surface area (Å²) in [6.07, 6.45) is -3.13. The third kappa shape index (κ3) is 3.23. The first kappa shape index (κ1) is 14.7. The fraction of sp³-hybridized carbons (Fsp3) is 0.500. The summed E-state index contributed by atoms with van der Waals surface area (Å²) >= 11 is 0. The van der Waals surface area contributed by atoms with E-state index >= 15 is 0 Å². The Balaban J connectivity index is 2.06. The monoisotopic (exact) mass is 287 g/mol. The predicted molar refractivity (Wildman–Crippen MR) is 68.4 cm³/mol. The van der Waals surface area contributed by atoms with Gasteiger partial charge in [-0.2, -0.15) is 13.2 Å². The van der Waals surface area contributed by atoms with Crippen molar-refractivity contribution in [2.45, 2.75) is 19.0 Å². The lowest BCUT2D eigenvalue weighted by Gasteiger charge is -2.32. The van der Waals surface area contributed by atoms with Crippen LogP contribution in [0.15, 0.2) is 24.3 Å². The van der Waals surface area contributed by atoms with E-state index in [1.165, 1.54) is 13.2 Å². The van der Waals surface area contributed by atoms with E-state index in [1.807, 2.05) is 4.90 Å². The molecule has 1 aliphatic rings. The van der Waals surface area contributed by atoms with Gasteiger partial charge in [-0.05, 0) is 31.0 Å². The number of ether oxygens (including phenoxy) is 1. The maximum atomic E-state index is 12.7. The Morgan fingerprint density at radius 1 is 1.30 bits per heavy atom. The Labute approximate surface area is 115 Å². The van der Waals surface area contributed by atoms with Gasteiger partial charge in [0.25, 0.3) is 0 Å². The summed E-state index contributed by atoms with van der Waals surface area (Å²) in [5, 5.41) is 0. The van der Waals surface area contributed by atoms with Gasteiger partial charge in [-0.15, -0.1) is 0 Å². The van der Waals surface area contributed by atoms with E-state index in [0.717, 1.165) is 12.1 Å². The van der Waals surface area contributed by atoms with Crippen LogP contribution in [0.1, 0.15) is 18.4 Å². The number of hydrogen-bond donors (Lipinski definition) is 0. The second-order valence-electron chi connectivity index (χ2n) is 4.83. The largest absolute Gasteiger partial charge is 0.469 e. The van der Waals surface area contributed by atoms with Crippen molar-refractivity contribution in [3.63, 3.8) is 0 Å². The summed E-state index contributed by atoms with van der Waals surface area (Å²) < 4.78 is 42.7. The molecule has 110 valence electrons. The van der Waals surface area contributed by atoms with Crippen LogP contribution < -0.4 is 4.90 Å². The number of carbonyl (C=O) groups is 1. The fourth-order valence-corrected chi connectivity index (χ4v) is 2.42. The molecule has 6 heteroatoms. The van der Waals surface area contributed by atoms with E-state index in [0.29, 0.717) is 31.6 Å². The molecule has 0 amide bonds. The highest BCUT2D eigenvalue weighted by Gasteiger charge is 2.31. The normalized spacial score (nSPS) is 17.1. The highest BCUT2D eigenvalue weighted by molar-refractivity contribution is 5.72. The summed E-state index contributed by atoms with van der Waals surface area (Å²) in [5.74, 6) is -0.393. The van der Waals surface area contributed by atoms with Crippen LogP contribution in [-0.4, -0.2) is 26.2 Å². The van der Waals surface area contributed by atoms with Crippen LogP contribution in [0.4, 0.5) is 18.9 Å². The molecule has 1 heterocycles. The maximum Gasteiger partial charge on any atom is 0.416 e. The van der Waals surface area contributed by atoms with E-state index < -0.39 is 11.7 Å². The highest BCUT2D eigenvalue weighted by Crippen LogP contribution is 2.32. The standard InChI is InChI=1S/C14H16F3NO2/c1-20-13(19)10-5-7-18(8-6-10)12-4-2-3-11(9-12)14(15,16)17/h2-4,9-10H,5-8H2,1H3. The molecule has 20 heavy (non-hydrogen) atoms. The summed E-state index contributed by atoms with van der Waals surface area (Å²) in [5.41, 5.74) is -0.103. The molecule has 0 unspecified atom stereocenters. The number of piperidine rings is 1. The number of alkyl halides is 3. The lowest BCUT2D eigenvalue weighted by Crippen LogP contribution is -2.36. The molecule has 0 atom stereocenters. The number of methoxy groups -OCH3 is 1. The first-order valence-corrected chi connectivity index (χ1v) is 6.42. The van der Waals surface area contributed by atoms with Crippen molar-refractivity contribution in [3.05, 3.63) is 29.8 Å². The molecule has 0 spiro atoms. The minimum atomic E-state index is -4.33. The quantitative estimate of drug-likeness (QED) is 0.783. The van der Waals surface area contributed by atoms with Crippen LogP contribution in [0.2, 0.25) is 0 Å². The molecular weight excluding hydrogens is 271 g/mol. The van der Waals surface area contributed by atoms with Gasteiger partial charge in [0.2, 0.25) is 0 Å². The Hall–Kier alpha value is -1.72. The Bertz CT molecular complexity index is 480. The van der Waals surface area contributed by atoms with Gasteiger partial charge in [-0.3, -0.25) is 4.79 Å². The summed E-state index contributed by atoms with van der Waals surface area (Å²) in [6.45, 7) is 1.11. The van der Waals surface area contributed by atoms with Crippen molar-refractivity contribution < 1.29 is 22.7 Å². The zero-order valence-electron chi connectivity index (χ0n) is 11.1. The topological polar surface area (TPSA) is 29.5 Å². The number of rotatable bonds is 2. The lowest BCUT2D eigenvalue weighted by atomic mass is 9.96. The molecule has 2 rings (SSSR count). The molecule has 1 saturated heterocycles. The van der Waals surface area contributed by atoms with Crippen LogP contribution in [0, 0.1) is 5.92 Å². The van der Waals surface area contributed by atoms with Gasteiger partial charge in [0, 0.05) is 18.8 Å². The van der Waals surface area contributed by atoms with E-state index in [4.69, 9.17) is 0 Å². The van der Waals surface area contributed by atoms with E-state index in [2.05, 4.69) is 4.74 Å². The van der Waals surface area contributed by atoms with Gasteiger partial charge < -0.3 is 9.64 Å². The summed E-state index contributed by atoms with van der Waals surface area (Å²) in [6, 6.07) is 5.28. The molecule has 1 aliphatic heterocycles. The average Bonchev–Trinajstić information content (AvgIpc) is 2.46. The lowest BCUT2D eigenvalue weighted by molar-refractivity contribution is -0.146.